The van der Waals surface area contributed by atoms with Gasteiger partial charge in [-0.1, -0.05) is 6.92 Å². The highest BCUT2D eigenvalue weighted by Crippen LogP contribution is 2.19. The number of carboxylic acid groups (broad SMARTS) is 1. The Labute approximate surface area is 100 Å². The second-order valence-electron chi connectivity index (χ2n) is 4.16. The number of amides is 1. The molecule has 0 fully saturated rings. The van der Waals surface area contributed by atoms with Crippen molar-refractivity contribution >= 4 is 11.9 Å². The van der Waals surface area contributed by atoms with Crippen molar-refractivity contribution in [1.82, 2.24) is 9.88 Å². The van der Waals surface area contributed by atoms with Crippen LogP contribution in [-0.4, -0.2) is 40.5 Å². The van der Waals surface area contributed by atoms with Gasteiger partial charge in [0, 0.05) is 19.3 Å². The number of aryl methyl sites for hydroxylation is 1. The first-order valence-electron chi connectivity index (χ1n) is 5.58. The molecule has 1 heterocycles. The van der Waals surface area contributed by atoms with E-state index in [0.29, 0.717) is 23.4 Å². The number of aromatic nitrogens is 1. The number of carboxylic acids is 1. The highest BCUT2D eigenvalue weighted by atomic mass is 16.4. The summed E-state index contributed by atoms with van der Waals surface area (Å²) < 4.78 is 0. The number of aromatic amines is 1. The fourth-order valence-electron chi connectivity index (χ4n) is 1.91. The molecule has 0 bridgehead atoms. The summed E-state index contributed by atoms with van der Waals surface area (Å²) in [6, 6.07) is 0. The predicted molar refractivity (Wildman–Crippen MR) is 64.5 cm³/mol. The molecule has 1 amide bonds. The van der Waals surface area contributed by atoms with Crippen LogP contribution in [0.4, 0.5) is 0 Å². The number of H-pyrrole nitrogens is 1. The zero-order chi connectivity index (χ0) is 13.2. The second kappa shape index (κ2) is 5.03. The number of nitrogens with zero attached hydrogens (tertiary/aromatic N) is 1. The maximum Gasteiger partial charge on any atom is 0.352 e. The Bertz CT molecular complexity index is 449. The molecule has 5 nitrogen and oxygen atoms in total. The standard InChI is InChI=1S/C12H18N2O3/c1-5-6-14(4)11(15)9-7(2)10(12(16)17)13-8(9)3/h13H,5-6H2,1-4H3,(H,16,17). The normalized spacial score (nSPS) is 10.4. The quantitative estimate of drug-likeness (QED) is 0.840. The summed E-state index contributed by atoms with van der Waals surface area (Å²) in [5.41, 5.74) is 1.67. The number of nitrogens with one attached hydrogen (secondary N) is 1. The molecular weight excluding hydrogens is 220 g/mol. The van der Waals surface area contributed by atoms with Crippen molar-refractivity contribution in [1.29, 1.82) is 0 Å². The van der Waals surface area contributed by atoms with Crippen LogP contribution < -0.4 is 0 Å². The molecule has 0 saturated carbocycles. The lowest BCUT2D eigenvalue weighted by molar-refractivity contribution is 0.0690. The molecule has 0 saturated heterocycles. The number of hydrogen-bond donors (Lipinski definition) is 2. The third kappa shape index (κ3) is 2.49. The fraction of sp³-hybridized carbons (Fsp3) is 0.500. The van der Waals surface area contributed by atoms with E-state index in [-0.39, 0.29) is 11.6 Å². The Hall–Kier alpha value is -1.78. The molecule has 2 N–H and O–H groups in total. The first kappa shape index (κ1) is 13.3. The molecule has 0 atom stereocenters. The molecule has 0 aliphatic carbocycles. The van der Waals surface area contributed by atoms with E-state index < -0.39 is 5.97 Å². The van der Waals surface area contributed by atoms with Crippen LogP contribution in [0.25, 0.3) is 0 Å². The van der Waals surface area contributed by atoms with Gasteiger partial charge in [0.25, 0.3) is 5.91 Å². The molecule has 0 aliphatic heterocycles. The monoisotopic (exact) mass is 238 g/mol. The van der Waals surface area contributed by atoms with Crippen molar-refractivity contribution in [3.8, 4) is 0 Å². The van der Waals surface area contributed by atoms with Crippen LogP contribution >= 0.6 is 0 Å². The zero-order valence-corrected chi connectivity index (χ0v) is 10.6. The van der Waals surface area contributed by atoms with E-state index in [4.69, 9.17) is 5.11 Å². The van der Waals surface area contributed by atoms with E-state index in [2.05, 4.69) is 4.98 Å². The maximum absolute atomic E-state index is 12.1. The molecule has 0 aliphatic rings. The minimum Gasteiger partial charge on any atom is -0.477 e. The minimum absolute atomic E-state index is 0.0933. The van der Waals surface area contributed by atoms with Crippen molar-refractivity contribution in [2.24, 2.45) is 0 Å². The molecule has 0 radical (unpaired) electrons. The number of hydrogen-bond acceptors (Lipinski definition) is 2. The molecule has 1 aromatic heterocycles. The van der Waals surface area contributed by atoms with Gasteiger partial charge in [-0.25, -0.2) is 4.79 Å². The number of carbonyl (C=O) groups is 2. The van der Waals surface area contributed by atoms with Crippen molar-refractivity contribution in [2.75, 3.05) is 13.6 Å². The lowest BCUT2D eigenvalue weighted by Crippen LogP contribution is -2.28. The van der Waals surface area contributed by atoms with E-state index in [1.807, 2.05) is 6.92 Å². The minimum atomic E-state index is -1.04. The van der Waals surface area contributed by atoms with E-state index >= 15 is 0 Å². The average molecular weight is 238 g/mol. The van der Waals surface area contributed by atoms with Crippen LogP contribution in [0, 0.1) is 13.8 Å². The summed E-state index contributed by atoms with van der Waals surface area (Å²) in [5, 5.41) is 8.97. The molecule has 5 heteroatoms. The van der Waals surface area contributed by atoms with Gasteiger partial charge in [-0.05, 0) is 25.8 Å². The number of rotatable bonds is 4. The van der Waals surface area contributed by atoms with E-state index in [1.54, 1.807) is 25.8 Å². The largest absolute Gasteiger partial charge is 0.477 e. The molecular formula is C12H18N2O3. The van der Waals surface area contributed by atoms with Crippen LogP contribution in [0.2, 0.25) is 0 Å². The SMILES string of the molecule is CCCN(C)C(=O)c1c(C)[nH]c(C(=O)O)c1C. The van der Waals surface area contributed by atoms with Crippen molar-refractivity contribution in [3.63, 3.8) is 0 Å². The molecule has 94 valence electrons. The Kier molecular flexibility index (Phi) is 3.93. The van der Waals surface area contributed by atoms with E-state index in [9.17, 15) is 9.59 Å². The van der Waals surface area contributed by atoms with Gasteiger partial charge in [-0.2, -0.15) is 0 Å². The van der Waals surface area contributed by atoms with Crippen LogP contribution in [0.3, 0.4) is 0 Å². The highest BCUT2D eigenvalue weighted by molar-refractivity contribution is 6.00. The molecule has 0 unspecified atom stereocenters. The Morgan fingerprint density at radius 3 is 2.35 bits per heavy atom. The van der Waals surface area contributed by atoms with Gasteiger partial charge in [0.1, 0.15) is 5.69 Å². The van der Waals surface area contributed by atoms with Gasteiger partial charge >= 0.3 is 5.97 Å². The van der Waals surface area contributed by atoms with E-state index in [0.717, 1.165) is 6.42 Å². The Morgan fingerprint density at radius 2 is 1.94 bits per heavy atom. The Morgan fingerprint density at radius 1 is 1.35 bits per heavy atom. The summed E-state index contributed by atoms with van der Waals surface area (Å²) in [6.07, 6.45) is 0.872. The van der Waals surface area contributed by atoms with Crippen LogP contribution in [0.1, 0.15) is 45.4 Å². The van der Waals surface area contributed by atoms with Crippen molar-refractivity contribution in [2.45, 2.75) is 27.2 Å². The van der Waals surface area contributed by atoms with Crippen LogP contribution in [0.5, 0.6) is 0 Å². The summed E-state index contributed by atoms with van der Waals surface area (Å²) in [6.45, 7) is 6.01. The van der Waals surface area contributed by atoms with Crippen LogP contribution in [0.15, 0.2) is 0 Å². The number of carbonyl (C=O) groups excluding carboxylic acids is 1. The summed E-state index contributed by atoms with van der Waals surface area (Å²) in [7, 11) is 1.72. The predicted octanol–water partition coefficient (Wildman–Crippen LogP) is 1.81. The van der Waals surface area contributed by atoms with Gasteiger partial charge in [0.15, 0.2) is 0 Å². The first-order valence-corrected chi connectivity index (χ1v) is 5.58. The molecule has 0 spiro atoms. The van der Waals surface area contributed by atoms with Gasteiger partial charge in [-0.15, -0.1) is 0 Å². The van der Waals surface area contributed by atoms with Gasteiger partial charge in [0.2, 0.25) is 0 Å². The van der Waals surface area contributed by atoms with Gasteiger partial charge in [0.05, 0.1) is 5.56 Å². The lowest BCUT2D eigenvalue weighted by atomic mass is 10.1. The summed E-state index contributed by atoms with van der Waals surface area (Å²) >= 11 is 0. The molecule has 0 aromatic carbocycles. The third-order valence-corrected chi connectivity index (χ3v) is 2.77. The summed E-state index contributed by atoms with van der Waals surface area (Å²) in [5.74, 6) is -1.17. The first-order chi connectivity index (χ1) is 7.90. The van der Waals surface area contributed by atoms with E-state index in [1.165, 1.54) is 0 Å². The fourth-order valence-corrected chi connectivity index (χ4v) is 1.91. The average Bonchev–Trinajstić information content (AvgIpc) is 2.54. The lowest BCUT2D eigenvalue weighted by Gasteiger charge is -2.16. The van der Waals surface area contributed by atoms with Gasteiger partial charge in [-0.3, -0.25) is 4.79 Å². The second-order valence-corrected chi connectivity index (χ2v) is 4.16. The topological polar surface area (TPSA) is 73.4 Å². The zero-order valence-electron chi connectivity index (χ0n) is 10.6. The maximum atomic E-state index is 12.1. The number of aromatic carboxylic acids is 1. The third-order valence-electron chi connectivity index (χ3n) is 2.77. The van der Waals surface area contributed by atoms with Crippen molar-refractivity contribution < 1.29 is 14.7 Å². The van der Waals surface area contributed by atoms with Gasteiger partial charge < -0.3 is 15.0 Å². The van der Waals surface area contributed by atoms with Crippen molar-refractivity contribution in [3.05, 3.63) is 22.5 Å². The van der Waals surface area contributed by atoms with Crippen LogP contribution in [-0.2, 0) is 0 Å². The molecule has 1 rings (SSSR count). The molecule has 1 aromatic rings. The smallest absolute Gasteiger partial charge is 0.352 e. The summed E-state index contributed by atoms with van der Waals surface area (Å²) in [4.78, 5) is 27.4. The Balaban J connectivity index is 3.14. The highest BCUT2D eigenvalue weighted by Gasteiger charge is 2.23. The molecule has 17 heavy (non-hydrogen) atoms.